The van der Waals surface area contributed by atoms with Crippen LogP contribution in [0.3, 0.4) is 0 Å². The molecule has 2 N–H and O–H groups in total. The molecule has 104 valence electrons. The van der Waals surface area contributed by atoms with Gasteiger partial charge in [-0.1, -0.05) is 23.2 Å². The van der Waals surface area contributed by atoms with E-state index in [4.69, 9.17) is 27.9 Å². The number of morpholine rings is 1. The highest BCUT2D eigenvalue weighted by Crippen LogP contribution is 2.34. The van der Waals surface area contributed by atoms with E-state index in [2.05, 4.69) is 10.6 Å². The molecule has 0 bridgehead atoms. The molecule has 0 amide bonds. The van der Waals surface area contributed by atoms with Crippen LogP contribution in [0.2, 0.25) is 10.0 Å². The highest BCUT2D eigenvalue weighted by atomic mass is 35.5. The van der Waals surface area contributed by atoms with E-state index in [1.807, 2.05) is 0 Å². The van der Waals surface area contributed by atoms with Gasteiger partial charge in [-0.3, -0.25) is 10.1 Å². The first-order chi connectivity index (χ1) is 9.08. The van der Waals surface area contributed by atoms with Crippen LogP contribution in [-0.2, 0) is 4.74 Å². The lowest BCUT2D eigenvalue weighted by molar-refractivity contribution is -0.384. The van der Waals surface area contributed by atoms with Gasteiger partial charge in [-0.05, 0) is 0 Å². The van der Waals surface area contributed by atoms with E-state index in [0.29, 0.717) is 18.8 Å². The Hall–Kier alpha value is -1.08. The molecule has 0 saturated carbocycles. The fourth-order valence-electron chi connectivity index (χ4n) is 1.80. The maximum atomic E-state index is 10.7. The Morgan fingerprint density at radius 2 is 2.16 bits per heavy atom. The van der Waals surface area contributed by atoms with E-state index in [-0.39, 0.29) is 21.8 Å². The number of anilines is 1. The molecule has 0 aliphatic carbocycles. The van der Waals surface area contributed by atoms with Crippen molar-refractivity contribution in [3.05, 3.63) is 32.3 Å². The number of nitrogens with one attached hydrogen (secondary N) is 2. The molecule has 19 heavy (non-hydrogen) atoms. The normalized spacial score (nSPS) is 19.2. The number of ether oxygens (including phenoxy) is 1. The highest BCUT2D eigenvalue weighted by molar-refractivity contribution is 6.39. The Labute approximate surface area is 120 Å². The minimum atomic E-state index is -0.532. The van der Waals surface area contributed by atoms with Crippen molar-refractivity contribution in [2.45, 2.75) is 6.10 Å². The third-order valence-corrected chi connectivity index (χ3v) is 3.34. The minimum absolute atomic E-state index is 0.0241. The zero-order valence-electron chi connectivity index (χ0n) is 9.99. The van der Waals surface area contributed by atoms with Crippen LogP contribution in [0.4, 0.5) is 11.4 Å². The molecule has 1 aromatic rings. The summed E-state index contributed by atoms with van der Waals surface area (Å²) in [7, 11) is 0. The minimum Gasteiger partial charge on any atom is -0.380 e. The number of halogens is 2. The predicted molar refractivity (Wildman–Crippen MR) is 74.2 cm³/mol. The monoisotopic (exact) mass is 305 g/mol. The van der Waals surface area contributed by atoms with E-state index in [0.717, 1.165) is 13.1 Å². The van der Waals surface area contributed by atoms with Crippen LogP contribution in [0.1, 0.15) is 0 Å². The van der Waals surface area contributed by atoms with Gasteiger partial charge < -0.3 is 15.4 Å². The Kier molecular flexibility index (Phi) is 4.81. The van der Waals surface area contributed by atoms with E-state index >= 15 is 0 Å². The van der Waals surface area contributed by atoms with Crippen molar-refractivity contribution in [1.29, 1.82) is 0 Å². The van der Waals surface area contributed by atoms with E-state index in [1.54, 1.807) is 0 Å². The van der Waals surface area contributed by atoms with Crippen molar-refractivity contribution in [2.75, 3.05) is 31.6 Å². The Balaban J connectivity index is 2.05. The number of nitro groups is 1. The van der Waals surface area contributed by atoms with Crippen LogP contribution in [0.15, 0.2) is 12.1 Å². The second-order valence-corrected chi connectivity index (χ2v) is 4.93. The van der Waals surface area contributed by atoms with E-state index in [9.17, 15) is 10.1 Å². The molecule has 1 aromatic carbocycles. The topological polar surface area (TPSA) is 76.4 Å². The van der Waals surface area contributed by atoms with Gasteiger partial charge in [0.15, 0.2) is 0 Å². The molecule has 0 spiro atoms. The van der Waals surface area contributed by atoms with Gasteiger partial charge in [0.05, 0.1) is 33.4 Å². The first-order valence-corrected chi connectivity index (χ1v) is 6.53. The zero-order valence-corrected chi connectivity index (χ0v) is 11.5. The molecule has 0 radical (unpaired) electrons. The van der Waals surface area contributed by atoms with Gasteiger partial charge >= 0.3 is 0 Å². The van der Waals surface area contributed by atoms with E-state index < -0.39 is 4.92 Å². The summed E-state index contributed by atoms with van der Waals surface area (Å²) in [6.45, 7) is 2.78. The number of nitro benzene ring substituents is 1. The van der Waals surface area contributed by atoms with Crippen LogP contribution in [0.5, 0.6) is 0 Å². The fraction of sp³-hybridized carbons (Fsp3) is 0.455. The number of hydrogen-bond acceptors (Lipinski definition) is 5. The lowest BCUT2D eigenvalue weighted by Crippen LogP contribution is -2.42. The van der Waals surface area contributed by atoms with Crippen molar-refractivity contribution < 1.29 is 9.66 Å². The van der Waals surface area contributed by atoms with Gasteiger partial charge in [0.25, 0.3) is 5.69 Å². The molecule has 1 fully saturated rings. The third kappa shape index (κ3) is 3.70. The number of non-ortho nitro benzene ring substituents is 1. The van der Waals surface area contributed by atoms with Crippen molar-refractivity contribution in [3.8, 4) is 0 Å². The largest absolute Gasteiger partial charge is 0.380 e. The highest BCUT2D eigenvalue weighted by Gasteiger charge is 2.17. The summed E-state index contributed by atoms with van der Waals surface area (Å²) in [6.07, 6.45) is 0.0241. The van der Waals surface area contributed by atoms with Gasteiger partial charge in [0.2, 0.25) is 0 Å². The predicted octanol–water partition coefficient (Wildman–Crippen LogP) is 2.30. The van der Waals surface area contributed by atoms with Gasteiger partial charge in [-0.2, -0.15) is 0 Å². The van der Waals surface area contributed by atoms with Crippen LogP contribution >= 0.6 is 23.2 Å². The molecular weight excluding hydrogens is 293 g/mol. The van der Waals surface area contributed by atoms with Gasteiger partial charge in [-0.15, -0.1) is 0 Å². The van der Waals surface area contributed by atoms with Crippen molar-refractivity contribution >= 4 is 34.6 Å². The van der Waals surface area contributed by atoms with Crippen LogP contribution in [0, 0.1) is 10.1 Å². The summed E-state index contributed by atoms with van der Waals surface area (Å²) in [5, 5.41) is 17.4. The molecule has 1 aliphatic rings. The molecule has 1 unspecified atom stereocenters. The fourth-order valence-corrected chi connectivity index (χ4v) is 2.41. The Morgan fingerprint density at radius 1 is 1.47 bits per heavy atom. The maximum Gasteiger partial charge on any atom is 0.272 e. The summed E-state index contributed by atoms with van der Waals surface area (Å²) in [5.41, 5.74) is 0.360. The summed E-state index contributed by atoms with van der Waals surface area (Å²) in [6, 6.07) is 2.55. The Bertz CT molecular complexity index is 455. The van der Waals surface area contributed by atoms with Gasteiger partial charge in [0, 0.05) is 31.8 Å². The number of benzene rings is 1. The lowest BCUT2D eigenvalue weighted by atomic mass is 10.2. The molecular formula is C11H13Cl2N3O3. The van der Waals surface area contributed by atoms with Crippen LogP contribution in [-0.4, -0.2) is 37.3 Å². The number of hydrogen-bond donors (Lipinski definition) is 2. The van der Waals surface area contributed by atoms with Crippen molar-refractivity contribution in [2.24, 2.45) is 0 Å². The second kappa shape index (κ2) is 6.38. The molecule has 1 saturated heterocycles. The van der Waals surface area contributed by atoms with Crippen LogP contribution in [0.25, 0.3) is 0 Å². The van der Waals surface area contributed by atoms with Crippen molar-refractivity contribution in [1.82, 2.24) is 5.32 Å². The lowest BCUT2D eigenvalue weighted by Gasteiger charge is -2.24. The SMILES string of the molecule is O=[N+]([O-])c1cc(Cl)c(NCC2CNCCO2)c(Cl)c1. The quantitative estimate of drug-likeness (QED) is 0.659. The average molecular weight is 306 g/mol. The summed E-state index contributed by atoms with van der Waals surface area (Å²) < 4.78 is 5.52. The summed E-state index contributed by atoms with van der Waals surface area (Å²) in [5.74, 6) is 0. The molecule has 1 heterocycles. The van der Waals surface area contributed by atoms with Crippen molar-refractivity contribution in [3.63, 3.8) is 0 Å². The molecule has 8 heteroatoms. The first kappa shape index (κ1) is 14.3. The number of rotatable bonds is 4. The molecule has 1 atom stereocenters. The Morgan fingerprint density at radius 3 is 2.68 bits per heavy atom. The van der Waals surface area contributed by atoms with Gasteiger partial charge in [0.1, 0.15) is 0 Å². The van der Waals surface area contributed by atoms with E-state index in [1.165, 1.54) is 12.1 Å². The second-order valence-electron chi connectivity index (χ2n) is 4.12. The standard InChI is InChI=1S/C11H13Cl2N3O3/c12-9-3-7(16(17)18)4-10(13)11(9)15-6-8-5-14-1-2-19-8/h3-4,8,14-15H,1-2,5-6H2. The smallest absolute Gasteiger partial charge is 0.272 e. The molecule has 6 nitrogen and oxygen atoms in total. The molecule has 2 rings (SSSR count). The maximum absolute atomic E-state index is 10.7. The third-order valence-electron chi connectivity index (χ3n) is 2.75. The summed E-state index contributed by atoms with van der Waals surface area (Å²) in [4.78, 5) is 10.1. The van der Waals surface area contributed by atoms with Crippen LogP contribution < -0.4 is 10.6 Å². The summed E-state index contributed by atoms with van der Waals surface area (Å²) >= 11 is 12.0. The zero-order chi connectivity index (χ0) is 13.8. The number of nitrogens with zero attached hydrogens (tertiary/aromatic N) is 1. The van der Waals surface area contributed by atoms with Gasteiger partial charge in [-0.25, -0.2) is 0 Å². The molecule has 1 aliphatic heterocycles. The molecule has 0 aromatic heterocycles. The first-order valence-electron chi connectivity index (χ1n) is 5.77. The average Bonchev–Trinajstić information content (AvgIpc) is 2.38.